The van der Waals surface area contributed by atoms with E-state index in [4.69, 9.17) is 10.9 Å². The van der Waals surface area contributed by atoms with Gasteiger partial charge in [-0.25, -0.2) is 4.68 Å². The van der Waals surface area contributed by atoms with Gasteiger partial charge in [0, 0.05) is 0 Å². The third-order valence-corrected chi connectivity index (χ3v) is 1.04. The molecule has 5 heteroatoms. The minimum absolute atomic E-state index is 0.0162. The summed E-state index contributed by atoms with van der Waals surface area (Å²) in [5.41, 5.74) is 0. The van der Waals surface area contributed by atoms with Gasteiger partial charge in [0.1, 0.15) is 0 Å². The van der Waals surface area contributed by atoms with Crippen LogP contribution >= 0.6 is 12.2 Å². The zero-order valence-electron chi connectivity index (χ0n) is 3.96. The number of imidazole rings is 1. The van der Waals surface area contributed by atoms with Crippen LogP contribution in [0.3, 0.4) is 0 Å². The number of nitrogens with two attached hydrogens (primary N) is 1. The van der Waals surface area contributed by atoms with Gasteiger partial charge in [0.05, 0.1) is 6.20 Å². The van der Waals surface area contributed by atoms with Crippen molar-refractivity contribution in [1.82, 2.24) is 9.66 Å². The fourth-order valence-electron chi connectivity index (χ4n) is 0.397. The van der Waals surface area contributed by atoms with Gasteiger partial charge in [-0.1, -0.05) is 0 Å². The summed E-state index contributed by atoms with van der Waals surface area (Å²) in [6.07, 6.45) is 1.29. The monoisotopic (exact) mass is 131 g/mol. The van der Waals surface area contributed by atoms with Crippen molar-refractivity contribution in [3.8, 4) is 5.88 Å². The molecule has 1 heterocycles. The van der Waals surface area contributed by atoms with Gasteiger partial charge in [-0.15, -0.1) is 0 Å². The lowest BCUT2D eigenvalue weighted by Gasteiger charge is -1.81. The van der Waals surface area contributed by atoms with Crippen molar-refractivity contribution in [3.63, 3.8) is 0 Å². The molecule has 0 aliphatic rings. The second-order valence-electron chi connectivity index (χ2n) is 1.35. The fourth-order valence-corrected chi connectivity index (χ4v) is 0.554. The van der Waals surface area contributed by atoms with Crippen molar-refractivity contribution in [1.29, 1.82) is 0 Å². The Balaban J connectivity index is 3.35. The summed E-state index contributed by atoms with van der Waals surface area (Å²) in [4.78, 5) is 2.42. The molecule has 0 amide bonds. The topological polar surface area (TPSA) is 67.0 Å². The molecule has 44 valence electrons. The molecule has 0 fully saturated rings. The number of nitrogen functional groups attached to an aromatic ring is 1. The molecule has 1 aromatic rings. The Labute approximate surface area is 50.5 Å². The molecule has 0 aromatic carbocycles. The molecule has 1 aromatic heterocycles. The van der Waals surface area contributed by atoms with E-state index in [0.29, 0.717) is 4.77 Å². The van der Waals surface area contributed by atoms with Crippen LogP contribution in [-0.2, 0) is 0 Å². The molecule has 1 rings (SSSR count). The molecule has 0 unspecified atom stereocenters. The zero-order chi connectivity index (χ0) is 6.15. The number of nitrogens with zero attached hydrogens (tertiary/aromatic N) is 1. The van der Waals surface area contributed by atoms with E-state index in [1.165, 1.54) is 6.20 Å². The Morgan fingerprint density at radius 2 is 2.50 bits per heavy atom. The Kier molecular flexibility index (Phi) is 0.980. The molecule has 4 N–H and O–H groups in total. The fraction of sp³-hybridized carbons (Fsp3) is 0. The van der Waals surface area contributed by atoms with Gasteiger partial charge in [0.15, 0.2) is 4.77 Å². The van der Waals surface area contributed by atoms with E-state index in [2.05, 4.69) is 17.2 Å². The average molecular weight is 131 g/mol. The summed E-state index contributed by atoms with van der Waals surface area (Å²) in [5, 5.41) is 8.61. The van der Waals surface area contributed by atoms with Crippen LogP contribution in [0.1, 0.15) is 0 Å². The summed E-state index contributed by atoms with van der Waals surface area (Å²) in [5.74, 6) is 5.15. The lowest BCUT2D eigenvalue weighted by molar-refractivity contribution is 0.456. The Morgan fingerprint density at radius 3 is 2.62 bits per heavy atom. The molecule has 8 heavy (non-hydrogen) atoms. The van der Waals surface area contributed by atoms with Gasteiger partial charge in [-0.05, 0) is 12.2 Å². The van der Waals surface area contributed by atoms with Gasteiger partial charge in [-0.3, -0.25) is 0 Å². The van der Waals surface area contributed by atoms with E-state index >= 15 is 0 Å². The predicted octanol–water partition coefficient (Wildman–Crippen LogP) is -0.0349. The highest BCUT2D eigenvalue weighted by Gasteiger charge is 1.89. The van der Waals surface area contributed by atoms with E-state index in [9.17, 15) is 0 Å². The van der Waals surface area contributed by atoms with E-state index in [1.54, 1.807) is 0 Å². The molecule has 0 atom stereocenters. The molecule has 0 saturated heterocycles. The van der Waals surface area contributed by atoms with Crippen molar-refractivity contribution in [2.45, 2.75) is 0 Å². The number of aromatic nitrogens is 2. The number of aromatic amines is 1. The third-order valence-electron chi connectivity index (χ3n) is 0.731. The summed E-state index contributed by atoms with van der Waals surface area (Å²) in [6.45, 7) is 0. The first kappa shape index (κ1) is 5.17. The van der Waals surface area contributed by atoms with Crippen LogP contribution in [0.25, 0.3) is 0 Å². The van der Waals surface area contributed by atoms with Crippen molar-refractivity contribution in [2.75, 3.05) is 5.84 Å². The van der Waals surface area contributed by atoms with Crippen LogP contribution in [0.15, 0.2) is 6.20 Å². The SMILES string of the molecule is Nn1cc(O)[nH]c1=S. The number of hydrogen-bond acceptors (Lipinski definition) is 3. The van der Waals surface area contributed by atoms with Crippen LogP contribution in [0.5, 0.6) is 5.88 Å². The first-order chi connectivity index (χ1) is 3.70. The van der Waals surface area contributed by atoms with Crippen molar-refractivity contribution in [2.24, 2.45) is 0 Å². The van der Waals surface area contributed by atoms with Gasteiger partial charge < -0.3 is 15.9 Å². The number of nitrogens with one attached hydrogen (secondary N) is 1. The lowest BCUT2D eigenvalue weighted by Crippen LogP contribution is -2.04. The van der Waals surface area contributed by atoms with E-state index in [0.717, 1.165) is 4.68 Å². The molecule has 0 bridgehead atoms. The molecule has 0 aliphatic heterocycles. The molecule has 0 radical (unpaired) electrons. The molecular weight excluding hydrogens is 126 g/mol. The van der Waals surface area contributed by atoms with E-state index < -0.39 is 0 Å². The lowest BCUT2D eigenvalue weighted by atomic mass is 10.9. The van der Waals surface area contributed by atoms with Crippen LogP contribution in [-0.4, -0.2) is 14.8 Å². The molecule has 4 nitrogen and oxygen atoms in total. The average Bonchev–Trinajstić information content (AvgIpc) is 1.85. The molecule has 0 saturated carbocycles. The Morgan fingerprint density at radius 1 is 1.88 bits per heavy atom. The maximum Gasteiger partial charge on any atom is 0.209 e. The quantitative estimate of drug-likeness (QED) is 0.342. The summed E-state index contributed by atoms with van der Waals surface area (Å²) >= 11 is 4.60. The van der Waals surface area contributed by atoms with Crippen molar-refractivity contribution in [3.05, 3.63) is 11.0 Å². The van der Waals surface area contributed by atoms with Crippen LogP contribution < -0.4 is 5.84 Å². The van der Waals surface area contributed by atoms with Crippen LogP contribution in [0, 0.1) is 4.77 Å². The summed E-state index contributed by atoms with van der Waals surface area (Å²) in [7, 11) is 0. The molecule has 0 aliphatic carbocycles. The summed E-state index contributed by atoms with van der Waals surface area (Å²) < 4.78 is 1.44. The van der Waals surface area contributed by atoms with Crippen molar-refractivity contribution < 1.29 is 5.11 Å². The number of aromatic hydroxyl groups is 1. The van der Waals surface area contributed by atoms with Gasteiger partial charge >= 0.3 is 0 Å². The standard InChI is InChI=1S/C3H5N3OS/c4-6-1-2(7)5-3(6)8/h1,7H,4H2,(H,5,8). The maximum atomic E-state index is 8.61. The Hall–Kier alpha value is -0.970. The van der Waals surface area contributed by atoms with E-state index in [-0.39, 0.29) is 5.88 Å². The molecule has 0 spiro atoms. The van der Waals surface area contributed by atoms with Gasteiger partial charge in [-0.2, -0.15) is 0 Å². The molecular formula is C3H5N3OS. The normalized spacial score (nSPS) is 9.50. The number of rotatable bonds is 0. The second-order valence-corrected chi connectivity index (χ2v) is 1.74. The van der Waals surface area contributed by atoms with Crippen LogP contribution in [0.2, 0.25) is 0 Å². The van der Waals surface area contributed by atoms with Crippen LogP contribution in [0.4, 0.5) is 0 Å². The summed E-state index contributed by atoms with van der Waals surface area (Å²) in [6, 6.07) is 0. The van der Waals surface area contributed by atoms with Crippen molar-refractivity contribution >= 4 is 12.2 Å². The minimum atomic E-state index is -0.0162. The van der Waals surface area contributed by atoms with E-state index in [1.807, 2.05) is 0 Å². The largest absolute Gasteiger partial charge is 0.493 e. The smallest absolute Gasteiger partial charge is 0.209 e. The van der Waals surface area contributed by atoms with Gasteiger partial charge in [0.2, 0.25) is 5.88 Å². The maximum absolute atomic E-state index is 8.61. The highest BCUT2D eigenvalue weighted by Crippen LogP contribution is 1.99. The first-order valence-electron chi connectivity index (χ1n) is 1.96. The predicted molar refractivity (Wildman–Crippen MR) is 31.4 cm³/mol. The highest BCUT2D eigenvalue weighted by molar-refractivity contribution is 7.71. The third kappa shape index (κ3) is 0.671. The number of H-pyrrole nitrogens is 1. The highest BCUT2D eigenvalue weighted by atomic mass is 32.1. The van der Waals surface area contributed by atoms with Gasteiger partial charge in [0.25, 0.3) is 0 Å². The zero-order valence-corrected chi connectivity index (χ0v) is 4.77. The minimum Gasteiger partial charge on any atom is -0.493 e. The number of hydrogen-bond donors (Lipinski definition) is 3. The first-order valence-corrected chi connectivity index (χ1v) is 2.36. The second kappa shape index (κ2) is 1.52. The Bertz CT molecular complexity index is 237.